The largest absolute Gasteiger partial charge is 0.324 e. The summed E-state index contributed by atoms with van der Waals surface area (Å²) in [5.41, 5.74) is 2.65. The molecular weight excluding hydrogens is 328 g/mol. The molecule has 1 aliphatic heterocycles. The maximum atomic E-state index is 12.4. The van der Waals surface area contributed by atoms with Crippen molar-refractivity contribution < 1.29 is 9.59 Å². The van der Waals surface area contributed by atoms with Crippen LogP contribution in [0, 0.1) is 0 Å². The van der Waals surface area contributed by atoms with E-state index in [0.29, 0.717) is 33.7 Å². The van der Waals surface area contributed by atoms with Crippen LogP contribution in [0.2, 0.25) is 0 Å². The Hall–Kier alpha value is -3.00. The average Bonchev–Trinajstić information content (AvgIpc) is 2.93. The predicted molar refractivity (Wildman–Crippen MR) is 92.7 cm³/mol. The van der Waals surface area contributed by atoms with Crippen molar-refractivity contribution in [3.8, 4) is 0 Å². The minimum absolute atomic E-state index is 0.0769. The number of rotatable bonds is 2. The topological polar surface area (TPSA) is 107 Å². The molecule has 0 radical (unpaired) electrons. The summed E-state index contributed by atoms with van der Waals surface area (Å²) in [5.74, 6) is 0.0136. The van der Waals surface area contributed by atoms with Gasteiger partial charge >= 0.3 is 5.69 Å². The van der Waals surface area contributed by atoms with Gasteiger partial charge in [0.2, 0.25) is 5.91 Å². The summed E-state index contributed by atoms with van der Waals surface area (Å²) in [7, 11) is 0. The highest BCUT2D eigenvalue weighted by Crippen LogP contribution is 2.32. The van der Waals surface area contributed by atoms with Crippen LogP contribution in [0.15, 0.2) is 46.1 Å². The molecule has 2 aromatic carbocycles. The molecule has 0 spiro atoms. The molecule has 7 nitrogen and oxygen atoms in total. The number of aromatic amines is 2. The van der Waals surface area contributed by atoms with Crippen molar-refractivity contribution in [2.75, 3.05) is 16.4 Å². The molecule has 0 atom stereocenters. The first kappa shape index (κ1) is 14.6. The predicted octanol–water partition coefficient (Wildman–Crippen LogP) is 2.15. The number of benzene rings is 2. The Balaban J connectivity index is 1.60. The smallest absolute Gasteiger partial charge is 0.323 e. The fraction of sp³-hybridized carbons (Fsp3) is 0.0625. The van der Waals surface area contributed by atoms with E-state index < -0.39 is 0 Å². The van der Waals surface area contributed by atoms with Crippen molar-refractivity contribution in [1.82, 2.24) is 9.97 Å². The summed E-state index contributed by atoms with van der Waals surface area (Å²) in [6.07, 6.45) is 0. The van der Waals surface area contributed by atoms with Crippen molar-refractivity contribution in [1.29, 1.82) is 0 Å². The molecule has 2 heterocycles. The Bertz CT molecular complexity index is 1040. The molecule has 0 saturated heterocycles. The van der Waals surface area contributed by atoms with E-state index in [1.807, 2.05) is 6.07 Å². The Morgan fingerprint density at radius 1 is 1.04 bits per heavy atom. The second-order valence-corrected chi connectivity index (χ2v) is 6.36. The van der Waals surface area contributed by atoms with Gasteiger partial charge in [-0.05, 0) is 36.4 Å². The van der Waals surface area contributed by atoms with Crippen LogP contribution in [0.5, 0.6) is 0 Å². The van der Waals surface area contributed by atoms with Gasteiger partial charge in [0.15, 0.2) is 0 Å². The summed E-state index contributed by atoms with van der Waals surface area (Å²) in [4.78, 5) is 41.4. The highest BCUT2D eigenvalue weighted by molar-refractivity contribution is 8.00. The minimum Gasteiger partial charge on any atom is -0.324 e. The average molecular weight is 340 g/mol. The van der Waals surface area contributed by atoms with E-state index in [2.05, 4.69) is 20.6 Å². The molecular formula is C16H12N4O3S. The molecule has 4 rings (SSSR count). The number of carbonyl (C=O) groups excluding carboxylic acids is 2. The van der Waals surface area contributed by atoms with Crippen molar-refractivity contribution in [3.63, 3.8) is 0 Å². The van der Waals surface area contributed by atoms with Crippen molar-refractivity contribution in [3.05, 3.63) is 52.4 Å². The van der Waals surface area contributed by atoms with Gasteiger partial charge in [-0.15, -0.1) is 11.8 Å². The molecule has 1 aromatic heterocycles. The van der Waals surface area contributed by atoms with Gasteiger partial charge in [-0.25, -0.2) is 4.79 Å². The van der Waals surface area contributed by atoms with Gasteiger partial charge in [0.1, 0.15) is 0 Å². The monoisotopic (exact) mass is 340 g/mol. The van der Waals surface area contributed by atoms with Gasteiger partial charge in [-0.1, -0.05) is 0 Å². The molecule has 4 N–H and O–H groups in total. The van der Waals surface area contributed by atoms with Gasteiger partial charge < -0.3 is 20.6 Å². The molecule has 3 aromatic rings. The maximum Gasteiger partial charge on any atom is 0.323 e. The summed E-state index contributed by atoms with van der Waals surface area (Å²) in [5, 5.41) is 5.55. The molecule has 8 heteroatoms. The molecule has 0 bridgehead atoms. The van der Waals surface area contributed by atoms with Gasteiger partial charge in [0.25, 0.3) is 5.91 Å². The first-order valence-electron chi connectivity index (χ1n) is 7.18. The van der Waals surface area contributed by atoms with Gasteiger partial charge in [0.05, 0.1) is 22.5 Å². The number of carbonyl (C=O) groups is 2. The van der Waals surface area contributed by atoms with Crippen LogP contribution in [0.3, 0.4) is 0 Å². The Morgan fingerprint density at radius 3 is 2.75 bits per heavy atom. The molecule has 2 amide bonds. The highest BCUT2D eigenvalue weighted by Gasteiger charge is 2.17. The second kappa shape index (κ2) is 5.57. The standard InChI is InChI=1S/C16H12N4O3S/c21-14-7-24-13-4-1-8(5-12(13)18-14)15(22)17-9-2-3-10-11(6-9)20-16(23)19-10/h1-6H,7H2,(H,17,22)(H,18,21)(H2,19,20,23). The number of hydrogen-bond acceptors (Lipinski definition) is 4. The highest BCUT2D eigenvalue weighted by atomic mass is 32.2. The third-order valence-electron chi connectivity index (χ3n) is 3.65. The zero-order valence-electron chi connectivity index (χ0n) is 12.3. The van der Waals surface area contributed by atoms with Gasteiger partial charge in [-0.2, -0.15) is 0 Å². The summed E-state index contributed by atoms with van der Waals surface area (Å²) >= 11 is 1.44. The fourth-order valence-electron chi connectivity index (χ4n) is 2.54. The van der Waals surface area contributed by atoms with Crippen LogP contribution in [-0.2, 0) is 4.79 Å². The van der Waals surface area contributed by atoms with Crippen LogP contribution >= 0.6 is 11.8 Å². The molecule has 0 saturated carbocycles. The van der Waals surface area contributed by atoms with Crippen LogP contribution in [-0.4, -0.2) is 27.5 Å². The van der Waals surface area contributed by atoms with Crippen LogP contribution < -0.4 is 16.3 Å². The quantitative estimate of drug-likeness (QED) is 0.573. The van der Waals surface area contributed by atoms with Crippen molar-refractivity contribution in [2.24, 2.45) is 0 Å². The number of H-pyrrole nitrogens is 2. The first-order valence-corrected chi connectivity index (χ1v) is 8.17. The Kier molecular flexibility index (Phi) is 3.39. The lowest BCUT2D eigenvalue weighted by atomic mass is 10.1. The van der Waals surface area contributed by atoms with E-state index in [0.717, 1.165) is 4.90 Å². The number of hydrogen-bond donors (Lipinski definition) is 4. The fourth-order valence-corrected chi connectivity index (χ4v) is 3.33. The zero-order chi connectivity index (χ0) is 16.7. The summed E-state index contributed by atoms with van der Waals surface area (Å²) in [6.45, 7) is 0. The van der Waals surface area contributed by atoms with E-state index in [4.69, 9.17) is 0 Å². The van der Waals surface area contributed by atoms with Gasteiger partial charge in [-0.3, -0.25) is 9.59 Å². The van der Waals surface area contributed by atoms with Crippen LogP contribution in [0.25, 0.3) is 11.0 Å². The number of fused-ring (bicyclic) bond motifs is 2. The molecule has 0 unspecified atom stereocenters. The lowest BCUT2D eigenvalue weighted by Crippen LogP contribution is -2.19. The lowest BCUT2D eigenvalue weighted by molar-refractivity contribution is -0.113. The van der Waals surface area contributed by atoms with Crippen molar-refractivity contribution in [2.45, 2.75) is 4.90 Å². The van der Waals surface area contributed by atoms with Crippen molar-refractivity contribution >= 4 is 46.0 Å². The molecule has 24 heavy (non-hydrogen) atoms. The molecule has 0 fully saturated rings. The van der Waals surface area contributed by atoms with E-state index in [-0.39, 0.29) is 17.5 Å². The molecule has 1 aliphatic rings. The van der Waals surface area contributed by atoms with Crippen LogP contribution in [0.4, 0.5) is 11.4 Å². The lowest BCUT2D eigenvalue weighted by Gasteiger charge is -2.17. The third-order valence-corrected chi connectivity index (χ3v) is 4.72. The number of imidazole rings is 1. The normalized spacial score (nSPS) is 13.4. The number of thioether (sulfide) groups is 1. The third kappa shape index (κ3) is 2.67. The number of aromatic nitrogens is 2. The van der Waals surface area contributed by atoms with E-state index in [1.165, 1.54) is 11.8 Å². The van der Waals surface area contributed by atoms with Crippen LogP contribution in [0.1, 0.15) is 10.4 Å². The number of anilines is 2. The Labute approximate surface area is 139 Å². The Morgan fingerprint density at radius 2 is 1.88 bits per heavy atom. The molecule has 0 aliphatic carbocycles. The van der Waals surface area contributed by atoms with E-state index in [1.54, 1.807) is 30.3 Å². The zero-order valence-corrected chi connectivity index (χ0v) is 13.1. The summed E-state index contributed by atoms with van der Waals surface area (Å²) < 4.78 is 0. The SMILES string of the molecule is O=C1CSc2ccc(C(=O)Nc3ccc4[nH]c(=O)[nH]c4c3)cc2N1. The minimum atomic E-state index is -0.295. The molecule has 120 valence electrons. The van der Waals surface area contributed by atoms with E-state index >= 15 is 0 Å². The van der Waals surface area contributed by atoms with E-state index in [9.17, 15) is 14.4 Å². The summed E-state index contributed by atoms with van der Waals surface area (Å²) in [6, 6.07) is 10.3. The first-order chi connectivity index (χ1) is 11.6. The maximum absolute atomic E-state index is 12.4. The second-order valence-electron chi connectivity index (χ2n) is 5.34. The number of nitrogens with one attached hydrogen (secondary N) is 4. The number of amides is 2. The van der Waals surface area contributed by atoms with Gasteiger partial charge in [0, 0.05) is 16.1 Å².